The Labute approximate surface area is 330 Å². The minimum Gasteiger partial charge on any atom is -0.311 e. The van der Waals surface area contributed by atoms with Gasteiger partial charge in [-0.05, 0) is 121 Å². The molecule has 0 amide bonds. The highest BCUT2D eigenvalue weighted by Gasteiger charge is 2.15. The summed E-state index contributed by atoms with van der Waals surface area (Å²) >= 11 is 0. The summed E-state index contributed by atoms with van der Waals surface area (Å²) in [5.74, 6) is 0. The molecule has 0 N–H and O–H groups in total. The van der Waals surface area contributed by atoms with E-state index in [0.717, 1.165) is 49.1 Å². The second kappa shape index (κ2) is 14.3. The van der Waals surface area contributed by atoms with Gasteiger partial charge in [-0.1, -0.05) is 170 Å². The van der Waals surface area contributed by atoms with E-state index in [-0.39, 0.29) is 11.1 Å². The van der Waals surface area contributed by atoms with Gasteiger partial charge in [0, 0.05) is 17.1 Å². The van der Waals surface area contributed by atoms with Gasteiger partial charge in [-0.2, -0.15) is 0 Å². The molecule has 0 fully saturated rings. The summed E-state index contributed by atoms with van der Waals surface area (Å²) < 4.78 is 119. The van der Waals surface area contributed by atoms with Crippen LogP contribution in [-0.2, 0) is 0 Å². The highest BCUT2D eigenvalue weighted by molar-refractivity contribution is 5.89. The third kappa shape index (κ3) is 6.65. The largest absolute Gasteiger partial charge is 0.311 e. The van der Waals surface area contributed by atoms with Crippen LogP contribution in [0.1, 0.15) is 17.8 Å². The number of fused-ring (bicyclic) bond motifs is 1. The lowest BCUT2D eigenvalue weighted by molar-refractivity contribution is 1.28. The Morgan fingerprint density at radius 1 is 0.283 bits per heavy atom. The summed E-state index contributed by atoms with van der Waals surface area (Å²) in [6.45, 7) is 0. The molecule has 0 saturated heterocycles. The molecule has 0 atom stereocenters. The fourth-order valence-corrected chi connectivity index (χ4v) is 6.46. The molecule has 1 heteroatoms. The molecule has 53 heavy (non-hydrogen) atoms. The van der Waals surface area contributed by atoms with Gasteiger partial charge in [-0.25, -0.2) is 0 Å². The summed E-state index contributed by atoms with van der Waals surface area (Å²) in [5, 5.41) is 2.05. The Morgan fingerprint density at radius 3 is 1.40 bits per heavy atom. The molecule has 250 valence electrons. The zero-order chi connectivity index (χ0) is 46.7. The summed E-state index contributed by atoms with van der Waals surface area (Å²) in [7, 11) is 0. The normalized spacial score (nSPS) is 14.5. The number of hydrogen-bond acceptors (Lipinski definition) is 1. The highest BCUT2D eigenvalue weighted by atomic mass is 15.1. The molecule has 9 aromatic rings. The van der Waals surface area contributed by atoms with Crippen molar-refractivity contribution in [3.05, 3.63) is 224 Å². The fourth-order valence-electron chi connectivity index (χ4n) is 6.46. The van der Waals surface area contributed by atoms with Crippen LogP contribution in [0.2, 0.25) is 0 Å². The first-order valence-electron chi connectivity index (χ1n) is 23.6. The van der Waals surface area contributed by atoms with E-state index in [0.29, 0.717) is 11.1 Å². The molecule has 9 rings (SSSR count). The highest BCUT2D eigenvalue weighted by Crippen LogP contribution is 2.39. The van der Waals surface area contributed by atoms with Crippen molar-refractivity contribution in [2.75, 3.05) is 4.90 Å². The van der Waals surface area contributed by atoms with E-state index >= 15 is 0 Å². The Kier molecular flexibility index (Phi) is 5.62. The molecule has 0 unspecified atom stereocenters. The molecule has 0 aliphatic carbocycles. The van der Waals surface area contributed by atoms with Gasteiger partial charge in [-0.3, -0.25) is 0 Å². The summed E-state index contributed by atoms with van der Waals surface area (Å²) in [6.07, 6.45) is 0. The number of rotatable bonds is 8. The van der Waals surface area contributed by atoms with Crippen LogP contribution in [0, 0.1) is 0 Å². The lowest BCUT2D eigenvalue weighted by atomic mass is 9.91. The second-order valence-corrected chi connectivity index (χ2v) is 12.4. The minimum absolute atomic E-state index is 0.0829. The van der Waals surface area contributed by atoms with Gasteiger partial charge in [0.05, 0.1) is 17.8 Å². The summed E-state index contributed by atoms with van der Waals surface area (Å²) in [5.41, 5.74) is 3.53. The monoisotopic (exact) mass is 688 g/mol. The van der Waals surface area contributed by atoms with Crippen LogP contribution in [0.3, 0.4) is 0 Å². The Morgan fingerprint density at radius 2 is 0.755 bits per heavy atom. The smallest absolute Gasteiger partial charge is 0.0645 e. The standard InChI is InChI=1S/C52H37N/c1-4-14-41(15-5-1)51-34-29-47(37-52(51)42-16-6-2-7-17-42)40-27-32-50(33-28-40)53(48-21-8-3-9-22-48)49-30-25-39(26-31-49)44-19-12-20-45(35-44)46-24-23-38-13-10-11-18-43(38)36-46/h1-37H/i3D,8D,9D,21D,22D,25D,26D,27D,28D,30D,31D,32D,33D. The molecule has 0 saturated carbocycles. The first-order valence-corrected chi connectivity index (χ1v) is 17.1. The average molecular weight is 689 g/mol. The van der Waals surface area contributed by atoms with Gasteiger partial charge in [0.2, 0.25) is 0 Å². The number of benzene rings is 9. The van der Waals surface area contributed by atoms with Gasteiger partial charge in [0.25, 0.3) is 0 Å². The molecule has 0 radical (unpaired) electrons. The van der Waals surface area contributed by atoms with Crippen molar-refractivity contribution in [1.82, 2.24) is 0 Å². The van der Waals surface area contributed by atoms with Crippen LogP contribution < -0.4 is 4.90 Å². The topological polar surface area (TPSA) is 3.24 Å². The molecular weight excluding hydrogens is 639 g/mol. The first kappa shape index (κ1) is 20.8. The second-order valence-electron chi connectivity index (χ2n) is 12.4. The Balaban J connectivity index is 1.27. The predicted octanol–water partition coefficient (Wildman–Crippen LogP) is 14.6. The van der Waals surface area contributed by atoms with Crippen molar-refractivity contribution in [2.45, 2.75) is 0 Å². The van der Waals surface area contributed by atoms with Crippen LogP contribution in [0.5, 0.6) is 0 Å². The zero-order valence-electron chi connectivity index (χ0n) is 41.3. The molecule has 0 aliphatic rings. The van der Waals surface area contributed by atoms with Crippen molar-refractivity contribution in [3.63, 3.8) is 0 Å². The SMILES string of the molecule is [2H]c1c([2H])c([2H])c(N(c2c([2H])c([2H])c(-c3cccc(-c4ccc5ccccc5c4)c3)c([2H])c2[2H])c2c([2H])c([2H])c(-c3ccc(-c4ccccc4)c(-c4ccccc4)c3)c([2H])c2[2H])c([2H])c1[2H]. The first-order chi connectivity index (χ1) is 31.7. The van der Waals surface area contributed by atoms with Gasteiger partial charge in [-0.15, -0.1) is 0 Å². The molecule has 0 heterocycles. The zero-order valence-corrected chi connectivity index (χ0v) is 28.3. The van der Waals surface area contributed by atoms with Gasteiger partial charge >= 0.3 is 0 Å². The number of hydrogen-bond donors (Lipinski definition) is 0. The van der Waals surface area contributed by atoms with Crippen LogP contribution in [0.4, 0.5) is 17.1 Å². The van der Waals surface area contributed by atoms with Crippen LogP contribution in [-0.4, -0.2) is 0 Å². The van der Waals surface area contributed by atoms with Crippen molar-refractivity contribution >= 4 is 27.8 Å². The van der Waals surface area contributed by atoms with E-state index in [2.05, 4.69) is 0 Å². The number of anilines is 3. The third-order valence-electron chi connectivity index (χ3n) is 9.09. The average Bonchev–Trinajstić information content (AvgIpc) is 3.34. The van der Waals surface area contributed by atoms with Gasteiger partial charge < -0.3 is 4.90 Å². The minimum atomic E-state index is -0.824. The molecule has 0 aromatic heterocycles. The molecule has 0 aliphatic heterocycles. The maximum atomic E-state index is 9.52. The van der Waals surface area contributed by atoms with E-state index in [1.54, 1.807) is 30.3 Å². The van der Waals surface area contributed by atoms with Crippen molar-refractivity contribution in [2.24, 2.45) is 0 Å². The molecule has 1 nitrogen and oxygen atoms in total. The Hall–Kier alpha value is -6.96. The number of para-hydroxylation sites is 1. The number of nitrogens with zero attached hydrogens (tertiary/aromatic N) is 1. The lowest BCUT2D eigenvalue weighted by Crippen LogP contribution is -2.09. The van der Waals surface area contributed by atoms with Crippen LogP contribution in [0.15, 0.2) is 224 Å². The molecule has 0 spiro atoms. The van der Waals surface area contributed by atoms with Gasteiger partial charge in [0.1, 0.15) is 0 Å². The lowest BCUT2D eigenvalue weighted by Gasteiger charge is -2.26. The van der Waals surface area contributed by atoms with Crippen molar-refractivity contribution in [1.29, 1.82) is 0 Å². The van der Waals surface area contributed by atoms with Crippen LogP contribution in [0.25, 0.3) is 66.4 Å². The summed E-state index contributed by atoms with van der Waals surface area (Å²) in [4.78, 5) is 0.759. The third-order valence-corrected chi connectivity index (χ3v) is 9.09. The van der Waals surface area contributed by atoms with Crippen molar-refractivity contribution in [3.8, 4) is 55.6 Å². The molecule has 9 aromatic carbocycles. The fraction of sp³-hybridized carbons (Fsp3) is 0. The van der Waals surface area contributed by atoms with E-state index in [1.165, 1.54) is 0 Å². The van der Waals surface area contributed by atoms with E-state index in [9.17, 15) is 11.0 Å². The van der Waals surface area contributed by atoms with Gasteiger partial charge in [0.15, 0.2) is 0 Å². The maximum absolute atomic E-state index is 9.52. The maximum Gasteiger partial charge on any atom is 0.0645 e. The van der Waals surface area contributed by atoms with Crippen LogP contribution >= 0.6 is 0 Å². The molecular formula is C52H37N. The van der Waals surface area contributed by atoms with E-state index in [4.69, 9.17) is 6.85 Å². The van der Waals surface area contributed by atoms with E-state index in [1.807, 2.05) is 115 Å². The quantitative estimate of drug-likeness (QED) is 0.154. The predicted molar refractivity (Wildman–Crippen MR) is 226 cm³/mol. The Bertz CT molecular complexity index is 3320. The molecule has 0 bridgehead atoms. The summed E-state index contributed by atoms with van der Waals surface area (Å²) in [6, 6.07) is 36.3. The van der Waals surface area contributed by atoms with E-state index < -0.39 is 95.6 Å². The van der Waals surface area contributed by atoms with Crippen molar-refractivity contribution < 1.29 is 17.8 Å².